The Morgan fingerprint density at radius 1 is 1.63 bits per heavy atom. The van der Waals surface area contributed by atoms with E-state index in [0.717, 1.165) is 0 Å². The highest BCUT2D eigenvalue weighted by Crippen LogP contribution is 2.24. The van der Waals surface area contributed by atoms with Crippen LogP contribution in [0.4, 0.5) is 4.79 Å². The molecule has 0 aliphatic carbocycles. The molecule has 2 amide bonds. The van der Waals surface area contributed by atoms with Crippen LogP contribution in [-0.2, 0) is 11.3 Å². The van der Waals surface area contributed by atoms with Crippen molar-refractivity contribution >= 4 is 12.0 Å². The molecule has 19 heavy (non-hydrogen) atoms. The molecule has 2 atom stereocenters. The van der Waals surface area contributed by atoms with E-state index in [9.17, 15) is 9.59 Å². The summed E-state index contributed by atoms with van der Waals surface area (Å²) >= 11 is 0. The number of rotatable bonds is 3. The van der Waals surface area contributed by atoms with Gasteiger partial charge in [0.25, 0.3) is 0 Å². The number of oxazole rings is 1. The molecule has 104 valence electrons. The fourth-order valence-electron chi connectivity index (χ4n) is 2.29. The Balaban J connectivity index is 1.94. The molecule has 1 aromatic heterocycles. The van der Waals surface area contributed by atoms with E-state index < -0.39 is 18.0 Å². The Bertz CT molecular complexity index is 485. The van der Waals surface area contributed by atoms with Gasteiger partial charge in [0, 0.05) is 6.54 Å². The van der Waals surface area contributed by atoms with Gasteiger partial charge in [-0.1, -0.05) is 6.92 Å². The van der Waals surface area contributed by atoms with E-state index in [4.69, 9.17) is 9.52 Å². The van der Waals surface area contributed by atoms with Gasteiger partial charge in [-0.25, -0.2) is 14.6 Å². The summed E-state index contributed by atoms with van der Waals surface area (Å²) in [6, 6.07) is -1.15. The third kappa shape index (κ3) is 2.86. The van der Waals surface area contributed by atoms with Crippen LogP contribution in [0, 0.1) is 12.8 Å². The molecule has 0 bridgehead atoms. The summed E-state index contributed by atoms with van der Waals surface area (Å²) < 4.78 is 5.23. The van der Waals surface area contributed by atoms with Gasteiger partial charge >= 0.3 is 12.0 Å². The molecule has 2 rings (SSSR count). The monoisotopic (exact) mass is 267 g/mol. The molecule has 0 aromatic carbocycles. The maximum absolute atomic E-state index is 12.0. The normalized spacial score (nSPS) is 22.5. The van der Waals surface area contributed by atoms with Crippen molar-refractivity contribution in [1.82, 2.24) is 15.2 Å². The molecule has 1 aliphatic heterocycles. The third-order valence-electron chi connectivity index (χ3n) is 3.27. The van der Waals surface area contributed by atoms with Crippen LogP contribution in [0.15, 0.2) is 10.6 Å². The molecule has 0 saturated carbocycles. The SMILES string of the molecule is Cc1cnc(CNC(=O)N2CCC(C)C2C(=O)O)o1. The van der Waals surface area contributed by atoms with Crippen molar-refractivity contribution in [1.29, 1.82) is 0 Å². The van der Waals surface area contributed by atoms with Crippen molar-refractivity contribution in [2.75, 3.05) is 6.54 Å². The molecule has 1 fully saturated rings. The number of hydrogen-bond donors (Lipinski definition) is 2. The summed E-state index contributed by atoms with van der Waals surface area (Å²) in [7, 11) is 0. The van der Waals surface area contributed by atoms with E-state index in [-0.39, 0.29) is 12.5 Å². The van der Waals surface area contributed by atoms with Gasteiger partial charge in [-0.2, -0.15) is 0 Å². The highest BCUT2D eigenvalue weighted by Gasteiger charge is 2.39. The van der Waals surface area contributed by atoms with Crippen LogP contribution >= 0.6 is 0 Å². The number of nitrogens with zero attached hydrogens (tertiary/aromatic N) is 2. The molecular formula is C12H17N3O4. The van der Waals surface area contributed by atoms with Gasteiger partial charge < -0.3 is 19.7 Å². The molecule has 7 nitrogen and oxygen atoms in total. The minimum atomic E-state index is -0.966. The van der Waals surface area contributed by atoms with Crippen molar-refractivity contribution in [2.45, 2.75) is 32.9 Å². The lowest BCUT2D eigenvalue weighted by atomic mass is 10.0. The summed E-state index contributed by atoms with van der Waals surface area (Å²) in [5.41, 5.74) is 0. The maximum Gasteiger partial charge on any atom is 0.326 e. The Morgan fingerprint density at radius 3 is 2.95 bits per heavy atom. The van der Waals surface area contributed by atoms with Crippen LogP contribution in [0.1, 0.15) is 25.0 Å². The topological polar surface area (TPSA) is 95.7 Å². The molecule has 0 radical (unpaired) electrons. The van der Waals surface area contributed by atoms with Crippen molar-refractivity contribution in [3.8, 4) is 0 Å². The van der Waals surface area contributed by atoms with Gasteiger partial charge in [-0.3, -0.25) is 0 Å². The second kappa shape index (κ2) is 5.29. The van der Waals surface area contributed by atoms with E-state index in [1.165, 1.54) is 4.90 Å². The molecule has 1 aliphatic rings. The third-order valence-corrected chi connectivity index (χ3v) is 3.27. The number of nitrogens with one attached hydrogen (secondary N) is 1. The van der Waals surface area contributed by atoms with Gasteiger partial charge in [0.15, 0.2) is 0 Å². The van der Waals surface area contributed by atoms with Crippen molar-refractivity contribution in [3.05, 3.63) is 17.8 Å². The Kier molecular flexibility index (Phi) is 3.73. The first-order valence-electron chi connectivity index (χ1n) is 6.17. The Morgan fingerprint density at radius 2 is 2.37 bits per heavy atom. The number of urea groups is 1. The van der Waals surface area contributed by atoms with Gasteiger partial charge in [0.1, 0.15) is 11.8 Å². The highest BCUT2D eigenvalue weighted by molar-refractivity contribution is 5.83. The number of carbonyl (C=O) groups excluding carboxylic acids is 1. The fraction of sp³-hybridized carbons (Fsp3) is 0.583. The number of likely N-dealkylation sites (tertiary alicyclic amines) is 1. The van der Waals surface area contributed by atoms with Crippen LogP contribution in [0.5, 0.6) is 0 Å². The van der Waals surface area contributed by atoms with Crippen molar-refractivity contribution in [3.63, 3.8) is 0 Å². The first kappa shape index (κ1) is 13.4. The molecule has 1 aromatic rings. The summed E-state index contributed by atoms with van der Waals surface area (Å²) in [5, 5.41) is 11.8. The second-order valence-corrected chi connectivity index (χ2v) is 4.77. The fourth-order valence-corrected chi connectivity index (χ4v) is 2.29. The molecule has 1 saturated heterocycles. The van der Waals surface area contributed by atoms with Crippen LogP contribution in [-0.4, -0.2) is 39.6 Å². The van der Waals surface area contributed by atoms with Crippen molar-refractivity contribution < 1.29 is 19.1 Å². The van der Waals surface area contributed by atoms with Crippen LogP contribution < -0.4 is 5.32 Å². The summed E-state index contributed by atoms with van der Waals surface area (Å²) in [4.78, 5) is 28.4. The number of carboxylic acid groups (broad SMARTS) is 1. The van der Waals surface area contributed by atoms with E-state index in [0.29, 0.717) is 24.6 Å². The molecule has 7 heteroatoms. The Labute approximate surface area is 110 Å². The van der Waals surface area contributed by atoms with Gasteiger partial charge in [-0.05, 0) is 19.3 Å². The summed E-state index contributed by atoms with van der Waals surface area (Å²) in [6.45, 7) is 4.21. The molecular weight excluding hydrogens is 250 g/mol. The number of aliphatic carboxylic acids is 1. The zero-order valence-corrected chi connectivity index (χ0v) is 10.9. The molecule has 0 spiro atoms. The minimum absolute atomic E-state index is 0.0350. The average molecular weight is 267 g/mol. The van der Waals surface area contributed by atoms with Crippen LogP contribution in [0.25, 0.3) is 0 Å². The number of aromatic nitrogens is 1. The second-order valence-electron chi connectivity index (χ2n) is 4.77. The number of carbonyl (C=O) groups is 2. The lowest BCUT2D eigenvalue weighted by Crippen LogP contribution is -2.47. The zero-order chi connectivity index (χ0) is 14.0. The zero-order valence-electron chi connectivity index (χ0n) is 10.9. The quantitative estimate of drug-likeness (QED) is 0.851. The highest BCUT2D eigenvalue weighted by atomic mass is 16.4. The van der Waals surface area contributed by atoms with Gasteiger partial charge in [0.2, 0.25) is 5.89 Å². The summed E-state index contributed by atoms with van der Waals surface area (Å²) in [6.07, 6.45) is 2.27. The predicted molar refractivity (Wildman–Crippen MR) is 65.4 cm³/mol. The Hall–Kier alpha value is -2.05. The smallest absolute Gasteiger partial charge is 0.326 e. The molecule has 2 heterocycles. The lowest BCUT2D eigenvalue weighted by molar-refractivity contribution is -0.142. The van der Waals surface area contributed by atoms with Crippen LogP contribution in [0.3, 0.4) is 0 Å². The number of carboxylic acids is 1. The largest absolute Gasteiger partial charge is 0.480 e. The predicted octanol–water partition coefficient (Wildman–Crippen LogP) is 0.988. The lowest BCUT2D eigenvalue weighted by Gasteiger charge is -2.23. The number of aryl methyl sites for hydroxylation is 1. The van der Waals surface area contributed by atoms with Gasteiger partial charge in [0.05, 0.1) is 12.7 Å². The first-order chi connectivity index (χ1) is 8.99. The standard InChI is InChI=1S/C12H17N3O4/c1-7-3-4-15(10(7)11(16)17)12(18)14-6-9-13-5-8(2)19-9/h5,7,10H,3-4,6H2,1-2H3,(H,14,18)(H,16,17). The van der Waals surface area contributed by atoms with E-state index in [2.05, 4.69) is 10.3 Å². The molecule has 2 unspecified atom stereocenters. The molecule has 2 N–H and O–H groups in total. The van der Waals surface area contributed by atoms with E-state index >= 15 is 0 Å². The maximum atomic E-state index is 12.0. The first-order valence-corrected chi connectivity index (χ1v) is 6.17. The van der Waals surface area contributed by atoms with Crippen LogP contribution in [0.2, 0.25) is 0 Å². The minimum Gasteiger partial charge on any atom is -0.480 e. The number of hydrogen-bond acceptors (Lipinski definition) is 4. The summed E-state index contributed by atoms with van der Waals surface area (Å²) in [5.74, 6) is 0.0757. The average Bonchev–Trinajstić information content (AvgIpc) is 2.92. The number of amides is 2. The van der Waals surface area contributed by atoms with Gasteiger partial charge in [-0.15, -0.1) is 0 Å². The van der Waals surface area contributed by atoms with E-state index in [1.54, 1.807) is 13.1 Å². The van der Waals surface area contributed by atoms with E-state index in [1.807, 2.05) is 6.92 Å². The van der Waals surface area contributed by atoms with Crippen molar-refractivity contribution in [2.24, 2.45) is 5.92 Å².